The molecular weight excluding hydrogens is 363 g/mol. The van der Waals surface area contributed by atoms with E-state index in [9.17, 15) is 14.0 Å². The van der Waals surface area contributed by atoms with Gasteiger partial charge in [-0.1, -0.05) is 31.5 Å². The third-order valence-electron chi connectivity index (χ3n) is 4.09. The van der Waals surface area contributed by atoms with Crippen LogP contribution in [0.4, 0.5) is 4.39 Å². The smallest absolute Gasteiger partial charge is 0.347 e. The number of para-hydroxylation sites is 1. The molecule has 0 aliphatic carbocycles. The minimum Gasteiger partial charge on any atom is -0.504 e. The molecule has 6 heteroatoms. The number of carbonyl (C=O) groups is 2. The van der Waals surface area contributed by atoms with E-state index in [4.69, 9.17) is 14.2 Å². The lowest BCUT2D eigenvalue weighted by Crippen LogP contribution is -2.17. The van der Waals surface area contributed by atoms with Crippen LogP contribution < -0.4 is 9.47 Å². The fourth-order valence-corrected chi connectivity index (χ4v) is 2.63. The van der Waals surface area contributed by atoms with E-state index in [2.05, 4.69) is 0 Å². The van der Waals surface area contributed by atoms with E-state index in [0.717, 1.165) is 12.8 Å². The van der Waals surface area contributed by atoms with Gasteiger partial charge < -0.3 is 14.2 Å². The van der Waals surface area contributed by atoms with Crippen LogP contribution in [0, 0.1) is 12.7 Å². The summed E-state index contributed by atoms with van der Waals surface area (Å²) in [5, 5.41) is 0. The van der Waals surface area contributed by atoms with Crippen molar-refractivity contribution in [3.05, 3.63) is 64.7 Å². The highest BCUT2D eigenvalue weighted by atomic mass is 19.1. The summed E-state index contributed by atoms with van der Waals surface area (Å²) in [4.78, 5) is 24.4. The number of carbonyl (C=O) groups excluding carboxylic acids is 2. The Morgan fingerprint density at radius 3 is 2.50 bits per heavy atom. The van der Waals surface area contributed by atoms with Crippen LogP contribution in [-0.2, 0) is 4.74 Å². The number of benzene rings is 2. The molecule has 2 aromatic carbocycles. The number of ether oxygens (including phenoxy) is 3. The molecule has 0 saturated carbocycles. The maximum atomic E-state index is 14.8. The van der Waals surface area contributed by atoms with Gasteiger partial charge in [0.1, 0.15) is 22.9 Å². The first-order chi connectivity index (χ1) is 13.5. The van der Waals surface area contributed by atoms with Gasteiger partial charge in [-0.3, -0.25) is 4.79 Å². The van der Waals surface area contributed by atoms with Gasteiger partial charge in [0.05, 0.1) is 25.5 Å². The number of methoxy groups -OCH3 is 1. The highest BCUT2D eigenvalue weighted by molar-refractivity contribution is 5.99. The van der Waals surface area contributed by atoms with Gasteiger partial charge in [0.25, 0.3) is 0 Å². The minimum absolute atomic E-state index is 0.0101. The lowest BCUT2D eigenvalue weighted by atomic mass is 9.96. The number of aldehydes is 1. The number of hydrogen-bond acceptors (Lipinski definition) is 5. The molecule has 0 atom stereocenters. The maximum Gasteiger partial charge on any atom is 0.347 e. The Balaban J connectivity index is 2.63. The highest BCUT2D eigenvalue weighted by Crippen LogP contribution is 2.35. The first-order valence-electron chi connectivity index (χ1n) is 8.95. The third kappa shape index (κ3) is 4.76. The standard InChI is InChI=1S/C22H23FO5/c1-4-5-12-27-21-17(11-13-26-3)18(14-24)20(23)15(2)19(21)22(25)28-16-9-7-6-8-10-16/h6-11,13-14H,4-5,12H2,1-3H3. The zero-order valence-electron chi connectivity index (χ0n) is 16.2. The molecule has 0 aliphatic heterocycles. The quantitative estimate of drug-likeness (QED) is 0.200. The first-order valence-corrected chi connectivity index (χ1v) is 8.95. The van der Waals surface area contributed by atoms with Gasteiger partial charge in [0.15, 0.2) is 6.29 Å². The second-order valence-corrected chi connectivity index (χ2v) is 6.03. The summed E-state index contributed by atoms with van der Waals surface area (Å²) in [6, 6.07) is 8.46. The Morgan fingerprint density at radius 2 is 1.89 bits per heavy atom. The molecule has 0 radical (unpaired) electrons. The SMILES string of the molecule is CCCCOc1c(C=COC)c(C=O)c(F)c(C)c1C(=O)Oc1ccccc1. The molecule has 0 amide bonds. The lowest BCUT2D eigenvalue weighted by molar-refractivity contribution is 0.0728. The summed E-state index contributed by atoms with van der Waals surface area (Å²) in [5.41, 5.74) is -0.132. The van der Waals surface area contributed by atoms with Crippen molar-refractivity contribution in [3.63, 3.8) is 0 Å². The number of rotatable bonds is 9. The number of esters is 1. The zero-order valence-corrected chi connectivity index (χ0v) is 16.2. The largest absolute Gasteiger partial charge is 0.504 e. The summed E-state index contributed by atoms with van der Waals surface area (Å²) < 4.78 is 30.9. The topological polar surface area (TPSA) is 61.8 Å². The van der Waals surface area contributed by atoms with Gasteiger partial charge in [0.2, 0.25) is 0 Å². The van der Waals surface area contributed by atoms with Gasteiger partial charge in [-0.25, -0.2) is 9.18 Å². The van der Waals surface area contributed by atoms with Crippen LogP contribution in [-0.4, -0.2) is 26.0 Å². The van der Waals surface area contributed by atoms with E-state index >= 15 is 0 Å². The van der Waals surface area contributed by atoms with Crippen molar-refractivity contribution in [1.82, 2.24) is 0 Å². The fourth-order valence-electron chi connectivity index (χ4n) is 2.63. The highest BCUT2D eigenvalue weighted by Gasteiger charge is 2.27. The van der Waals surface area contributed by atoms with Crippen molar-refractivity contribution in [2.24, 2.45) is 0 Å². The molecule has 0 heterocycles. The summed E-state index contributed by atoms with van der Waals surface area (Å²) >= 11 is 0. The Morgan fingerprint density at radius 1 is 1.18 bits per heavy atom. The Kier molecular flexibility index (Phi) is 7.75. The van der Waals surface area contributed by atoms with Crippen LogP contribution in [0.2, 0.25) is 0 Å². The average molecular weight is 386 g/mol. The van der Waals surface area contributed by atoms with E-state index in [-0.39, 0.29) is 28.0 Å². The predicted molar refractivity (Wildman–Crippen MR) is 104 cm³/mol. The van der Waals surface area contributed by atoms with Crippen LogP contribution in [0.15, 0.2) is 36.6 Å². The van der Waals surface area contributed by atoms with Crippen molar-refractivity contribution < 1.29 is 28.2 Å². The number of hydrogen-bond donors (Lipinski definition) is 0. The van der Waals surface area contributed by atoms with Crippen molar-refractivity contribution in [2.75, 3.05) is 13.7 Å². The molecule has 148 valence electrons. The number of halogens is 1. The first kappa shape index (κ1) is 21.2. The monoisotopic (exact) mass is 386 g/mol. The normalized spacial score (nSPS) is 10.7. The van der Waals surface area contributed by atoms with Crippen LogP contribution in [0.5, 0.6) is 11.5 Å². The van der Waals surface area contributed by atoms with Gasteiger partial charge in [0, 0.05) is 11.1 Å². The molecule has 0 fully saturated rings. The predicted octanol–water partition coefficient (Wildman–Crippen LogP) is 4.96. The molecule has 0 saturated heterocycles. The Bertz CT molecular complexity index is 859. The van der Waals surface area contributed by atoms with E-state index in [1.165, 1.54) is 26.4 Å². The zero-order chi connectivity index (χ0) is 20.5. The molecule has 5 nitrogen and oxygen atoms in total. The summed E-state index contributed by atoms with van der Waals surface area (Å²) in [7, 11) is 1.42. The van der Waals surface area contributed by atoms with Gasteiger partial charge in [-0.2, -0.15) is 0 Å². The van der Waals surface area contributed by atoms with Crippen LogP contribution >= 0.6 is 0 Å². The van der Waals surface area contributed by atoms with E-state index in [1.54, 1.807) is 30.3 Å². The molecule has 0 bridgehead atoms. The van der Waals surface area contributed by atoms with E-state index in [1.807, 2.05) is 6.92 Å². The summed E-state index contributed by atoms with van der Waals surface area (Å²) in [6.45, 7) is 3.71. The lowest BCUT2D eigenvalue weighted by Gasteiger charge is -2.18. The van der Waals surface area contributed by atoms with Gasteiger partial charge >= 0.3 is 5.97 Å². The Labute approximate surface area is 163 Å². The molecule has 28 heavy (non-hydrogen) atoms. The molecule has 2 rings (SSSR count). The van der Waals surface area contributed by atoms with Gasteiger partial charge in [-0.15, -0.1) is 0 Å². The fraction of sp³-hybridized carbons (Fsp3) is 0.273. The minimum atomic E-state index is -0.798. The molecule has 0 N–H and O–H groups in total. The van der Waals surface area contributed by atoms with Crippen LogP contribution in [0.1, 0.15) is 51.6 Å². The van der Waals surface area contributed by atoms with Crippen LogP contribution in [0.3, 0.4) is 0 Å². The van der Waals surface area contributed by atoms with Crippen molar-refractivity contribution in [3.8, 4) is 11.5 Å². The van der Waals surface area contributed by atoms with Crippen molar-refractivity contribution in [1.29, 1.82) is 0 Å². The van der Waals surface area contributed by atoms with Crippen molar-refractivity contribution >= 4 is 18.3 Å². The van der Waals surface area contributed by atoms with Gasteiger partial charge in [-0.05, 0) is 31.6 Å². The van der Waals surface area contributed by atoms with Crippen LogP contribution in [0.25, 0.3) is 6.08 Å². The molecule has 0 aromatic heterocycles. The number of unbranched alkanes of at least 4 members (excludes halogenated alkanes) is 1. The molecule has 2 aromatic rings. The summed E-state index contributed by atoms with van der Waals surface area (Å²) in [5.74, 6) is -1.14. The van der Waals surface area contributed by atoms with Crippen molar-refractivity contribution in [2.45, 2.75) is 26.7 Å². The second-order valence-electron chi connectivity index (χ2n) is 6.03. The molecule has 0 spiro atoms. The van der Waals surface area contributed by atoms with E-state index < -0.39 is 11.8 Å². The third-order valence-corrected chi connectivity index (χ3v) is 4.09. The second kappa shape index (κ2) is 10.3. The summed E-state index contributed by atoms with van der Waals surface area (Å²) in [6.07, 6.45) is 4.68. The molecule has 0 unspecified atom stereocenters. The molecular formula is C22H23FO5. The maximum absolute atomic E-state index is 14.8. The average Bonchev–Trinajstić information content (AvgIpc) is 2.70. The molecule has 0 aliphatic rings. The van der Waals surface area contributed by atoms with E-state index in [0.29, 0.717) is 18.6 Å². The Hall–Kier alpha value is -3.15.